The van der Waals surface area contributed by atoms with Crippen LogP contribution in [0.3, 0.4) is 0 Å². The van der Waals surface area contributed by atoms with Crippen LogP contribution in [0, 0.1) is 0 Å². The van der Waals surface area contributed by atoms with Crippen molar-refractivity contribution in [3.8, 4) is 0 Å². The second kappa shape index (κ2) is 6.01. The molecule has 0 saturated heterocycles. The molecule has 0 saturated carbocycles. The Labute approximate surface area is 113 Å². The molecule has 0 heterocycles. The lowest BCUT2D eigenvalue weighted by Crippen LogP contribution is -2.31. The summed E-state index contributed by atoms with van der Waals surface area (Å²) < 4.78 is 1.28. The molecule has 0 aliphatic heterocycles. The second-order valence-electron chi connectivity index (χ2n) is 4.96. The Balaban J connectivity index is 2.09. The number of rotatable bonds is 5. The van der Waals surface area contributed by atoms with Gasteiger partial charge in [0.2, 0.25) is 0 Å². The Hall–Kier alpha value is -0.340. The van der Waals surface area contributed by atoms with Crippen LogP contribution in [0.2, 0.25) is 0 Å². The molecule has 1 aromatic rings. The minimum atomic E-state index is 0.569. The lowest BCUT2D eigenvalue weighted by Gasteiger charge is -2.22. The lowest BCUT2D eigenvalue weighted by atomic mass is 10.0. The molecule has 0 radical (unpaired) electrons. The summed E-state index contributed by atoms with van der Waals surface area (Å²) in [5, 5.41) is 3.83. The van der Waals surface area contributed by atoms with Crippen molar-refractivity contribution in [3.05, 3.63) is 33.8 Å². The summed E-state index contributed by atoms with van der Waals surface area (Å²) in [5.41, 5.74) is 3.02. The van der Waals surface area contributed by atoms with E-state index in [0.29, 0.717) is 12.1 Å². The summed E-state index contributed by atoms with van der Waals surface area (Å²) in [6.45, 7) is 4.55. The first-order chi connectivity index (χ1) is 8.26. The van der Waals surface area contributed by atoms with Gasteiger partial charge in [-0.25, -0.2) is 0 Å². The first kappa shape index (κ1) is 13.1. The summed E-state index contributed by atoms with van der Waals surface area (Å²) in [6, 6.07) is 7.84. The predicted octanol–water partition coefficient (Wildman–Crippen LogP) is 4.60. The van der Waals surface area contributed by atoms with Gasteiger partial charge < -0.3 is 5.32 Å². The van der Waals surface area contributed by atoms with E-state index in [1.165, 1.54) is 47.7 Å². The summed E-state index contributed by atoms with van der Waals surface area (Å²) >= 11 is 3.66. The van der Waals surface area contributed by atoms with Crippen LogP contribution < -0.4 is 5.32 Å². The Morgan fingerprint density at radius 3 is 2.94 bits per heavy atom. The van der Waals surface area contributed by atoms with E-state index in [0.717, 1.165) is 0 Å². The third kappa shape index (κ3) is 2.92. The summed E-state index contributed by atoms with van der Waals surface area (Å²) in [7, 11) is 0. The molecule has 2 rings (SSSR count). The van der Waals surface area contributed by atoms with Crippen LogP contribution in [0.5, 0.6) is 0 Å². The molecule has 2 atom stereocenters. The molecule has 1 aliphatic rings. The van der Waals surface area contributed by atoms with Crippen molar-refractivity contribution in [2.24, 2.45) is 0 Å². The molecule has 1 aliphatic carbocycles. The summed E-state index contributed by atoms with van der Waals surface area (Å²) in [4.78, 5) is 0. The molecule has 94 valence electrons. The summed E-state index contributed by atoms with van der Waals surface area (Å²) in [6.07, 6.45) is 6.24. The number of hydrogen-bond donors (Lipinski definition) is 1. The Kier molecular flexibility index (Phi) is 4.63. The quantitative estimate of drug-likeness (QED) is 0.837. The highest BCUT2D eigenvalue weighted by atomic mass is 79.9. The molecule has 0 bridgehead atoms. The second-order valence-corrected chi connectivity index (χ2v) is 5.81. The van der Waals surface area contributed by atoms with Crippen LogP contribution in [-0.4, -0.2) is 6.04 Å². The average molecular weight is 296 g/mol. The van der Waals surface area contributed by atoms with Gasteiger partial charge in [-0.15, -0.1) is 0 Å². The SMILES string of the molecule is CCCC(CC)NC1CCc2c(Br)cccc21. The topological polar surface area (TPSA) is 12.0 Å². The molecule has 1 aromatic carbocycles. The van der Waals surface area contributed by atoms with Crippen molar-refractivity contribution in [1.29, 1.82) is 0 Å². The molecule has 2 unspecified atom stereocenters. The Bertz CT molecular complexity index is 375. The highest BCUT2D eigenvalue weighted by Crippen LogP contribution is 2.36. The number of fused-ring (bicyclic) bond motifs is 1. The molecule has 1 nitrogen and oxygen atoms in total. The van der Waals surface area contributed by atoms with Crippen LogP contribution in [0.1, 0.15) is 56.7 Å². The smallest absolute Gasteiger partial charge is 0.0328 e. The molecule has 0 spiro atoms. The summed E-state index contributed by atoms with van der Waals surface area (Å²) in [5.74, 6) is 0. The minimum absolute atomic E-state index is 0.569. The van der Waals surface area contributed by atoms with Crippen molar-refractivity contribution < 1.29 is 0 Å². The monoisotopic (exact) mass is 295 g/mol. The predicted molar refractivity (Wildman–Crippen MR) is 77.3 cm³/mol. The fraction of sp³-hybridized carbons (Fsp3) is 0.600. The van der Waals surface area contributed by atoms with Crippen molar-refractivity contribution in [2.75, 3.05) is 0 Å². The molecule has 2 heteroatoms. The van der Waals surface area contributed by atoms with E-state index in [9.17, 15) is 0 Å². The lowest BCUT2D eigenvalue weighted by molar-refractivity contribution is 0.400. The maximum Gasteiger partial charge on any atom is 0.0328 e. The van der Waals surface area contributed by atoms with Crippen LogP contribution in [-0.2, 0) is 6.42 Å². The molecule has 17 heavy (non-hydrogen) atoms. The fourth-order valence-electron chi connectivity index (χ4n) is 2.82. The van der Waals surface area contributed by atoms with E-state index in [2.05, 4.69) is 53.3 Å². The maximum atomic E-state index is 3.83. The van der Waals surface area contributed by atoms with Gasteiger partial charge in [-0.05, 0) is 42.9 Å². The number of halogens is 1. The van der Waals surface area contributed by atoms with Crippen LogP contribution >= 0.6 is 15.9 Å². The van der Waals surface area contributed by atoms with Gasteiger partial charge in [0.15, 0.2) is 0 Å². The van der Waals surface area contributed by atoms with Crippen molar-refractivity contribution in [1.82, 2.24) is 5.32 Å². The zero-order valence-corrected chi connectivity index (χ0v) is 12.4. The standard InChI is InChI=1S/C15H22BrN/c1-3-6-11(4-2)17-15-10-9-12-13(15)7-5-8-14(12)16/h5,7-8,11,15,17H,3-4,6,9-10H2,1-2H3. The molecule has 0 fully saturated rings. The van der Waals surface area contributed by atoms with Crippen molar-refractivity contribution >= 4 is 15.9 Å². The van der Waals surface area contributed by atoms with Gasteiger partial charge in [-0.2, -0.15) is 0 Å². The Morgan fingerprint density at radius 1 is 1.41 bits per heavy atom. The van der Waals surface area contributed by atoms with Crippen molar-refractivity contribution in [2.45, 2.75) is 58.0 Å². The van der Waals surface area contributed by atoms with Crippen molar-refractivity contribution in [3.63, 3.8) is 0 Å². The Morgan fingerprint density at radius 2 is 2.24 bits per heavy atom. The first-order valence-electron chi connectivity index (χ1n) is 6.79. The zero-order valence-electron chi connectivity index (χ0n) is 10.8. The molecule has 0 aromatic heterocycles. The first-order valence-corrected chi connectivity index (χ1v) is 7.58. The third-order valence-corrected chi connectivity index (χ3v) is 4.52. The van der Waals surface area contributed by atoms with Gasteiger partial charge >= 0.3 is 0 Å². The zero-order chi connectivity index (χ0) is 12.3. The van der Waals surface area contributed by atoms with E-state index >= 15 is 0 Å². The van der Waals surface area contributed by atoms with Gasteiger partial charge in [0.05, 0.1) is 0 Å². The van der Waals surface area contributed by atoms with Gasteiger partial charge in [0.25, 0.3) is 0 Å². The average Bonchev–Trinajstić information content (AvgIpc) is 2.73. The van der Waals surface area contributed by atoms with E-state index < -0.39 is 0 Å². The van der Waals surface area contributed by atoms with Crippen LogP contribution in [0.15, 0.2) is 22.7 Å². The van der Waals surface area contributed by atoms with Gasteiger partial charge in [0.1, 0.15) is 0 Å². The molecule has 1 N–H and O–H groups in total. The van der Waals surface area contributed by atoms with E-state index in [1.54, 1.807) is 0 Å². The number of hydrogen-bond acceptors (Lipinski definition) is 1. The molecule has 0 amide bonds. The van der Waals surface area contributed by atoms with E-state index in [-0.39, 0.29) is 0 Å². The fourth-order valence-corrected chi connectivity index (χ4v) is 3.40. The highest BCUT2D eigenvalue weighted by Gasteiger charge is 2.25. The molecular weight excluding hydrogens is 274 g/mol. The van der Waals surface area contributed by atoms with Gasteiger partial charge in [-0.1, -0.05) is 48.3 Å². The van der Waals surface area contributed by atoms with Crippen LogP contribution in [0.25, 0.3) is 0 Å². The van der Waals surface area contributed by atoms with Gasteiger partial charge in [0, 0.05) is 16.6 Å². The van der Waals surface area contributed by atoms with Crippen LogP contribution in [0.4, 0.5) is 0 Å². The minimum Gasteiger partial charge on any atom is -0.307 e. The third-order valence-electron chi connectivity index (χ3n) is 3.78. The molecular formula is C15H22BrN. The largest absolute Gasteiger partial charge is 0.307 e. The van der Waals surface area contributed by atoms with E-state index in [4.69, 9.17) is 0 Å². The van der Waals surface area contributed by atoms with Gasteiger partial charge in [-0.3, -0.25) is 0 Å². The maximum absolute atomic E-state index is 3.83. The number of benzene rings is 1. The number of nitrogens with one attached hydrogen (secondary N) is 1. The highest BCUT2D eigenvalue weighted by molar-refractivity contribution is 9.10. The normalized spacial score (nSPS) is 20.3. The van der Waals surface area contributed by atoms with E-state index in [1.807, 2.05) is 0 Å².